The predicted molar refractivity (Wildman–Crippen MR) is 129 cm³/mol. The quantitative estimate of drug-likeness (QED) is 0.371. The fraction of sp³-hybridized carbons (Fsp3) is 0.0769. The van der Waals surface area contributed by atoms with E-state index in [1.807, 2.05) is 89.6 Å². The van der Waals surface area contributed by atoms with Gasteiger partial charge in [-0.15, -0.1) is 0 Å². The zero-order valence-corrected chi connectivity index (χ0v) is 18.1. The van der Waals surface area contributed by atoms with Crippen LogP contribution in [0.5, 0.6) is 11.5 Å². The Morgan fingerprint density at radius 1 is 0.906 bits per heavy atom. The second kappa shape index (κ2) is 9.16. The average molecular weight is 440 g/mol. The van der Waals surface area contributed by atoms with E-state index >= 15 is 0 Å². The second-order valence-electron chi connectivity index (χ2n) is 7.32. The molecule has 5 nitrogen and oxygen atoms in total. The Hall–Kier alpha value is -3.77. The van der Waals surface area contributed by atoms with Gasteiger partial charge in [0.2, 0.25) is 5.91 Å². The van der Waals surface area contributed by atoms with E-state index in [-0.39, 0.29) is 5.91 Å². The van der Waals surface area contributed by atoms with Gasteiger partial charge in [0.15, 0.2) is 0 Å². The summed E-state index contributed by atoms with van der Waals surface area (Å²) >= 11 is 1.80. The number of carbonyl (C=O) groups is 1. The molecule has 6 heteroatoms. The van der Waals surface area contributed by atoms with Gasteiger partial charge in [-0.05, 0) is 48.0 Å². The van der Waals surface area contributed by atoms with E-state index in [4.69, 9.17) is 9.84 Å². The number of para-hydroxylation sites is 1. The summed E-state index contributed by atoms with van der Waals surface area (Å²) in [6.45, 7) is 0. The zero-order chi connectivity index (χ0) is 21.8. The van der Waals surface area contributed by atoms with Crippen molar-refractivity contribution in [3.63, 3.8) is 0 Å². The third-order valence-corrected chi connectivity index (χ3v) is 6.05. The molecule has 5 rings (SSSR count). The molecule has 1 aliphatic rings. The van der Waals surface area contributed by atoms with Crippen molar-refractivity contribution in [2.45, 2.75) is 11.5 Å². The molecule has 158 valence electrons. The first-order valence-electron chi connectivity index (χ1n) is 10.3. The third kappa shape index (κ3) is 4.45. The highest BCUT2D eigenvalue weighted by atomic mass is 32.2. The van der Waals surface area contributed by atoms with Crippen molar-refractivity contribution in [2.24, 2.45) is 0 Å². The molecule has 1 N–H and O–H groups in total. The first-order chi connectivity index (χ1) is 15.8. The molecule has 0 bridgehead atoms. The average Bonchev–Trinajstić information content (AvgIpc) is 3.42. The van der Waals surface area contributed by atoms with E-state index in [9.17, 15) is 4.79 Å². The number of anilines is 1. The minimum absolute atomic E-state index is 0.182. The van der Waals surface area contributed by atoms with Crippen LogP contribution in [0.3, 0.4) is 0 Å². The van der Waals surface area contributed by atoms with Gasteiger partial charge in [-0.2, -0.15) is 16.9 Å². The van der Waals surface area contributed by atoms with Crippen molar-refractivity contribution in [3.8, 4) is 17.2 Å². The van der Waals surface area contributed by atoms with Gasteiger partial charge in [-0.3, -0.25) is 4.79 Å². The van der Waals surface area contributed by atoms with Gasteiger partial charge in [0.05, 0.1) is 11.4 Å². The molecule has 1 aliphatic heterocycles. The van der Waals surface area contributed by atoms with Crippen LogP contribution in [0, 0.1) is 0 Å². The van der Waals surface area contributed by atoms with Crippen LogP contribution in [0.4, 0.5) is 5.82 Å². The van der Waals surface area contributed by atoms with E-state index in [0.29, 0.717) is 0 Å². The van der Waals surface area contributed by atoms with Gasteiger partial charge >= 0.3 is 0 Å². The van der Waals surface area contributed by atoms with E-state index in [1.165, 1.54) is 0 Å². The highest BCUT2D eigenvalue weighted by molar-refractivity contribution is 7.98. The first-order valence-corrected chi connectivity index (χ1v) is 11.5. The molecule has 0 fully saturated rings. The second-order valence-corrected chi connectivity index (χ2v) is 8.31. The molecule has 0 saturated heterocycles. The summed E-state index contributed by atoms with van der Waals surface area (Å²) in [5.41, 5.74) is 3.95. The highest BCUT2D eigenvalue weighted by Crippen LogP contribution is 2.36. The van der Waals surface area contributed by atoms with Crippen molar-refractivity contribution in [1.29, 1.82) is 0 Å². The molecule has 3 aromatic carbocycles. The molecule has 0 atom stereocenters. The third-order valence-electron chi connectivity index (χ3n) is 5.08. The molecule has 1 amide bonds. The Balaban J connectivity index is 1.38. The lowest BCUT2D eigenvalue weighted by Crippen LogP contribution is -2.13. The number of carbonyl (C=O) groups excluding carboxylic acids is 1. The summed E-state index contributed by atoms with van der Waals surface area (Å²) in [4.78, 5) is 12.7. The van der Waals surface area contributed by atoms with Crippen molar-refractivity contribution in [1.82, 2.24) is 9.78 Å². The lowest BCUT2D eigenvalue weighted by Gasteiger charge is -2.11. The molecular formula is C26H21N3O2S. The molecule has 2 heterocycles. The monoisotopic (exact) mass is 439 g/mol. The van der Waals surface area contributed by atoms with Gasteiger partial charge in [-0.25, -0.2) is 4.68 Å². The summed E-state index contributed by atoms with van der Waals surface area (Å²) in [7, 11) is 0. The Kier molecular flexibility index (Phi) is 5.77. The lowest BCUT2D eigenvalue weighted by molar-refractivity contribution is -0.111. The smallest absolute Gasteiger partial charge is 0.249 e. The van der Waals surface area contributed by atoms with Crippen molar-refractivity contribution in [2.75, 3.05) is 5.32 Å². The number of amides is 1. The van der Waals surface area contributed by atoms with E-state index in [0.717, 1.165) is 51.3 Å². The SMILES string of the molecule is O=C(/C=C\c1ccccc1)Nc1c2c(nn1-c1ccc(Oc3ccccc3)cc1)CSC2. The minimum Gasteiger partial charge on any atom is -0.457 e. The Morgan fingerprint density at radius 2 is 1.59 bits per heavy atom. The predicted octanol–water partition coefficient (Wildman–Crippen LogP) is 6.06. The number of hydrogen-bond donors (Lipinski definition) is 1. The molecular weight excluding hydrogens is 418 g/mol. The Bertz CT molecular complexity index is 1250. The number of nitrogens with one attached hydrogen (secondary N) is 1. The van der Waals surface area contributed by atoms with Crippen LogP contribution < -0.4 is 10.1 Å². The normalized spacial score (nSPS) is 12.6. The maximum atomic E-state index is 12.7. The van der Waals surface area contributed by atoms with E-state index in [2.05, 4.69) is 5.32 Å². The van der Waals surface area contributed by atoms with Gasteiger partial charge < -0.3 is 10.1 Å². The number of thioether (sulfide) groups is 1. The molecule has 4 aromatic rings. The summed E-state index contributed by atoms with van der Waals surface area (Å²) in [6.07, 6.45) is 3.36. The first kappa shape index (κ1) is 20.2. The van der Waals surface area contributed by atoms with Gasteiger partial charge in [-0.1, -0.05) is 48.5 Å². The molecule has 0 unspecified atom stereocenters. The maximum Gasteiger partial charge on any atom is 0.249 e. The molecule has 1 aromatic heterocycles. The summed E-state index contributed by atoms with van der Waals surface area (Å²) in [6, 6.07) is 27.1. The fourth-order valence-corrected chi connectivity index (χ4v) is 4.54. The van der Waals surface area contributed by atoms with E-state index in [1.54, 1.807) is 23.9 Å². The fourth-order valence-electron chi connectivity index (χ4n) is 3.50. The van der Waals surface area contributed by atoms with Crippen LogP contribution in [0.15, 0.2) is 91.0 Å². The summed E-state index contributed by atoms with van der Waals surface area (Å²) in [5, 5.41) is 7.81. The minimum atomic E-state index is -0.182. The van der Waals surface area contributed by atoms with Gasteiger partial charge in [0.25, 0.3) is 0 Å². The van der Waals surface area contributed by atoms with Crippen molar-refractivity contribution in [3.05, 3.63) is 108 Å². The summed E-state index contributed by atoms with van der Waals surface area (Å²) < 4.78 is 7.70. The number of ether oxygens (including phenoxy) is 1. The Morgan fingerprint density at radius 3 is 2.34 bits per heavy atom. The topological polar surface area (TPSA) is 56.2 Å². The van der Waals surface area contributed by atoms with Crippen LogP contribution in [0.1, 0.15) is 16.8 Å². The molecule has 0 aliphatic carbocycles. The van der Waals surface area contributed by atoms with Crippen LogP contribution in [0.25, 0.3) is 11.8 Å². The van der Waals surface area contributed by atoms with Gasteiger partial charge in [0, 0.05) is 23.1 Å². The number of nitrogens with zero attached hydrogens (tertiary/aromatic N) is 2. The number of rotatable bonds is 6. The molecule has 0 radical (unpaired) electrons. The number of hydrogen-bond acceptors (Lipinski definition) is 4. The highest BCUT2D eigenvalue weighted by Gasteiger charge is 2.24. The largest absolute Gasteiger partial charge is 0.457 e. The number of aromatic nitrogens is 2. The number of benzene rings is 3. The molecule has 0 spiro atoms. The summed E-state index contributed by atoms with van der Waals surface area (Å²) in [5.74, 6) is 3.76. The van der Waals surface area contributed by atoms with Crippen LogP contribution in [-0.2, 0) is 16.3 Å². The van der Waals surface area contributed by atoms with Crippen LogP contribution in [0.2, 0.25) is 0 Å². The molecule has 0 saturated carbocycles. The van der Waals surface area contributed by atoms with Crippen molar-refractivity contribution < 1.29 is 9.53 Å². The maximum absolute atomic E-state index is 12.7. The lowest BCUT2D eigenvalue weighted by atomic mass is 10.2. The zero-order valence-electron chi connectivity index (χ0n) is 17.3. The van der Waals surface area contributed by atoms with E-state index < -0.39 is 0 Å². The van der Waals surface area contributed by atoms with Crippen LogP contribution in [-0.4, -0.2) is 15.7 Å². The van der Waals surface area contributed by atoms with Crippen LogP contribution >= 0.6 is 11.8 Å². The Labute approximate surface area is 190 Å². The molecule has 32 heavy (non-hydrogen) atoms. The van der Waals surface area contributed by atoms with Crippen molar-refractivity contribution >= 4 is 29.6 Å². The standard InChI is InChI=1S/C26H21N3O2S/c30-25(16-11-19-7-3-1-4-8-19)27-26-23-17-32-18-24(23)28-29(26)20-12-14-22(15-13-20)31-21-9-5-2-6-10-21/h1-16H,17-18H2,(H,27,30)/b16-11-. The number of fused-ring (bicyclic) bond motifs is 1. The van der Waals surface area contributed by atoms with Gasteiger partial charge in [0.1, 0.15) is 17.3 Å².